The molecule has 67 heavy (non-hydrogen) atoms. The van der Waals surface area contributed by atoms with Crippen LogP contribution in [0.5, 0.6) is 0 Å². The Morgan fingerprint density at radius 3 is 1.82 bits per heavy atom. The van der Waals surface area contributed by atoms with Gasteiger partial charge in [0.05, 0.1) is 0 Å². The third-order valence-corrected chi connectivity index (χ3v) is 13.3. The van der Waals surface area contributed by atoms with Crippen molar-refractivity contribution in [2.24, 2.45) is 5.16 Å². The maximum absolute atomic E-state index is 14.5. The van der Waals surface area contributed by atoms with Crippen molar-refractivity contribution in [3.05, 3.63) is 214 Å². The highest BCUT2D eigenvalue weighted by Crippen LogP contribution is 2.43. The van der Waals surface area contributed by atoms with Crippen molar-refractivity contribution in [1.82, 2.24) is 15.2 Å². The van der Waals surface area contributed by atoms with Gasteiger partial charge < -0.3 is 24.9 Å². The third-order valence-electron chi connectivity index (χ3n) is 10.9. The average Bonchev–Trinajstić information content (AvgIpc) is 3.82. The predicted molar refractivity (Wildman–Crippen MR) is 261 cm³/mol. The first kappa shape index (κ1) is 46.5. The molecule has 1 unspecified atom stereocenters. The van der Waals surface area contributed by atoms with E-state index in [0.29, 0.717) is 16.5 Å². The number of esters is 2. The molecule has 0 spiro atoms. The third kappa shape index (κ3) is 10.1. The Kier molecular flexibility index (Phi) is 14.1. The molecule has 0 radical (unpaired) electrons. The van der Waals surface area contributed by atoms with Crippen LogP contribution >= 0.6 is 34.7 Å². The number of β-lactam (4-membered cyclic amide) rings is 1. The van der Waals surface area contributed by atoms with Crippen molar-refractivity contribution < 1.29 is 33.5 Å². The fourth-order valence-electron chi connectivity index (χ4n) is 7.79. The van der Waals surface area contributed by atoms with Gasteiger partial charge >= 0.3 is 11.9 Å². The summed E-state index contributed by atoms with van der Waals surface area (Å²) < 4.78 is 11.6. The van der Waals surface area contributed by atoms with Gasteiger partial charge in [0.1, 0.15) is 33.9 Å². The molecule has 0 saturated carbocycles. The number of aromatic nitrogens is 1. The molecule has 0 bridgehead atoms. The number of amides is 2. The number of halogens is 1. The zero-order valence-electron chi connectivity index (χ0n) is 36.8. The molecule has 2 amide bonds. The molecule has 8 rings (SSSR count). The van der Waals surface area contributed by atoms with Gasteiger partial charge in [0, 0.05) is 17.0 Å². The fourth-order valence-corrected chi connectivity index (χ4v) is 10.2. The zero-order valence-corrected chi connectivity index (χ0v) is 39.1. The van der Waals surface area contributed by atoms with E-state index in [1.54, 1.807) is 26.2 Å². The number of carbonyl (C=O) groups excluding carboxylic acids is 4. The number of fused-ring (bicyclic) bond motifs is 1. The Hall–Kier alpha value is -7.00. The lowest BCUT2D eigenvalue weighted by molar-refractivity contribution is -0.154. The van der Waals surface area contributed by atoms with E-state index in [4.69, 9.17) is 30.9 Å². The number of rotatable bonds is 16. The van der Waals surface area contributed by atoms with Crippen molar-refractivity contribution in [2.45, 2.75) is 49.4 Å². The standard InChI is InChI=1S/C52H46ClN5O7S2/c1-33(48(61)64-51(2,3)4)65-57-41(40-32-67-50(54-40)56-52(37-24-14-7-15-25-37,38-26-16-8-17-27-38)39-28-18-9-19-29-39)45(59)55-42-46(60)58-43(36(30-53)31-66-47(42)58)49(62)63-44(34-20-10-5-11-21-34)35-22-12-6-13-23-35/h5-29,32,42,44,47H,1,30-31H2,2-4H3,(H,54,56)(H,55,59)/t42?,47-/m0/s1. The number of alkyl halides is 1. The first-order valence-corrected chi connectivity index (χ1v) is 23.8. The van der Waals surface area contributed by atoms with Gasteiger partial charge in [-0.3, -0.25) is 14.5 Å². The van der Waals surface area contributed by atoms with E-state index in [2.05, 4.69) is 22.4 Å². The number of thioether (sulfide) groups is 1. The van der Waals surface area contributed by atoms with Crippen LogP contribution in [0.15, 0.2) is 186 Å². The van der Waals surface area contributed by atoms with E-state index < -0.39 is 58.2 Å². The van der Waals surface area contributed by atoms with Crippen LogP contribution in [0.3, 0.4) is 0 Å². The normalized spacial score (nSPS) is 16.1. The van der Waals surface area contributed by atoms with Crippen molar-refractivity contribution in [1.29, 1.82) is 0 Å². The lowest BCUT2D eigenvalue weighted by Crippen LogP contribution is -2.71. The van der Waals surface area contributed by atoms with Gasteiger partial charge in [-0.05, 0) is 60.7 Å². The molecular weight excluding hydrogens is 906 g/mol. The van der Waals surface area contributed by atoms with E-state index in [9.17, 15) is 19.2 Å². The van der Waals surface area contributed by atoms with Crippen molar-refractivity contribution >= 4 is 69.3 Å². The summed E-state index contributed by atoms with van der Waals surface area (Å²) in [5.74, 6) is -3.23. The van der Waals surface area contributed by atoms with E-state index in [1.807, 2.05) is 152 Å². The SMILES string of the molecule is C=C(ON=C(C(=O)NC1C(=O)N2C(C(=O)OC(c3ccccc3)c3ccccc3)=C(CCl)CS[C@@H]12)c1csc(NC(c2ccccc2)(c2ccccc2)c2ccccc2)n1)C(=O)OC(C)(C)C. The minimum atomic E-state index is -1.10. The maximum atomic E-state index is 14.5. The number of benzene rings is 5. The van der Waals surface area contributed by atoms with Gasteiger partial charge in [0.15, 0.2) is 16.9 Å². The Morgan fingerprint density at radius 2 is 1.33 bits per heavy atom. The number of oxime groups is 1. The fraction of sp³-hybridized carbons (Fsp3) is 0.192. The summed E-state index contributed by atoms with van der Waals surface area (Å²) in [5, 5.41) is 12.0. The predicted octanol–water partition coefficient (Wildman–Crippen LogP) is 9.35. The monoisotopic (exact) mass is 951 g/mol. The molecule has 2 aliphatic heterocycles. The molecule has 1 aromatic heterocycles. The average molecular weight is 953 g/mol. The van der Waals surface area contributed by atoms with E-state index in [0.717, 1.165) is 27.8 Å². The Labute approximate surface area is 401 Å². The number of nitrogens with one attached hydrogen (secondary N) is 2. The number of carbonyl (C=O) groups is 4. The van der Waals surface area contributed by atoms with E-state index in [1.165, 1.54) is 28.0 Å². The van der Waals surface area contributed by atoms with E-state index in [-0.39, 0.29) is 23.0 Å². The summed E-state index contributed by atoms with van der Waals surface area (Å²) in [5.41, 5.74) is 2.72. The molecule has 15 heteroatoms. The van der Waals surface area contributed by atoms with Crippen LogP contribution in [0, 0.1) is 0 Å². The van der Waals surface area contributed by atoms with Gasteiger partial charge in [-0.1, -0.05) is 157 Å². The van der Waals surface area contributed by atoms with Gasteiger partial charge in [-0.25, -0.2) is 14.6 Å². The summed E-state index contributed by atoms with van der Waals surface area (Å²) in [6, 6.07) is 47.3. The molecule has 6 aromatic rings. The van der Waals surface area contributed by atoms with Crippen LogP contribution in [-0.4, -0.2) is 68.0 Å². The first-order valence-electron chi connectivity index (χ1n) is 21.3. The van der Waals surface area contributed by atoms with Crippen LogP contribution < -0.4 is 10.6 Å². The lowest BCUT2D eigenvalue weighted by Gasteiger charge is -2.49. The van der Waals surface area contributed by atoms with Crippen LogP contribution in [0.2, 0.25) is 0 Å². The quantitative estimate of drug-likeness (QED) is 0.0141. The maximum Gasteiger partial charge on any atom is 0.376 e. The summed E-state index contributed by atoms with van der Waals surface area (Å²) in [4.78, 5) is 67.5. The molecule has 2 N–H and O–H groups in total. The van der Waals surface area contributed by atoms with Gasteiger partial charge in [0.2, 0.25) is 5.76 Å². The number of hydrogen-bond acceptors (Lipinski definition) is 12. The van der Waals surface area contributed by atoms with Crippen molar-refractivity contribution in [3.8, 4) is 0 Å². The highest BCUT2D eigenvalue weighted by atomic mass is 35.5. The number of ether oxygens (including phenoxy) is 2. The Balaban J connectivity index is 1.09. The summed E-state index contributed by atoms with van der Waals surface area (Å²) in [6.07, 6.45) is -0.774. The van der Waals surface area contributed by atoms with Gasteiger partial charge in [-0.15, -0.1) is 34.7 Å². The second kappa shape index (κ2) is 20.3. The number of thiazole rings is 1. The Morgan fingerprint density at radius 1 is 0.821 bits per heavy atom. The molecule has 5 aromatic carbocycles. The summed E-state index contributed by atoms with van der Waals surface area (Å²) in [6.45, 7) is 8.75. The van der Waals surface area contributed by atoms with Gasteiger partial charge in [-0.2, -0.15) is 0 Å². The van der Waals surface area contributed by atoms with Crippen LogP contribution in [-0.2, 0) is 39.0 Å². The second-order valence-corrected chi connectivity index (χ2v) is 18.8. The zero-order chi connectivity index (χ0) is 47.1. The molecule has 2 atom stereocenters. The second-order valence-electron chi connectivity index (χ2n) is 16.5. The lowest BCUT2D eigenvalue weighted by atomic mass is 9.77. The highest BCUT2D eigenvalue weighted by Gasteiger charge is 2.55. The minimum absolute atomic E-state index is 0.0255. The van der Waals surface area contributed by atoms with Crippen molar-refractivity contribution in [2.75, 3.05) is 16.9 Å². The molecule has 3 heterocycles. The number of hydrogen-bond donors (Lipinski definition) is 2. The van der Waals surface area contributed by atoms with E-state index >= 15 is 0 Å². The molecule has 340 valence electrons. The molecule has 12 nitrogen and oxygen atoms in total. The van der Waals surface area contributed by atoms with Crippen LogP contribution in [0.25, 0.3) is 0 Å². The minimum Gasteiger partial charge on any atom is -0.454 e. The summed E-state index contributed by atoms with van der Waals surface area (Å²) >= 11 is 8.96. The van der Waals surface area contributed by atoms with Gasteiger partial charge in [0.25, 0.3) is 11.8 Å². The highest BCUT2D eigenvalue weighted by molar-refractivity contribution is 8.00. The Bertz CT molecular complexity index is 2680. The molecule has 1 saturated heterocycles. The first-order chi connectivity index (χ1) is 32.4. The largest absolute Gasteiger partial charge is 0.454 e. The molecule has 1 fully saturated rings. The topological polar surface area (TPSA) is 149 Å². The van der Waals surface area contributed by atoms with Crippen LogP contribution in [0.4, 0.5) is 5.13 Å². The van der Waals surface area contributed by atoms with Crippen LogP contribution in [0.1, 0.15) is 60.4 Å². The summed E-state index contributed by atoms with van der Waals surface area (Å²) in [7, 11) is 0. The van der Waals surface area contributed by atoms with Crippen molar-refractivity contribution in [3.63, 3.8) is 0 Å². The molecule has 2 aliphatic rings. The number of anilines is 1. The smallest absolute Gasteiger partial charge is 0.376 e. The molecular formula is C52H46ClN5O7S2. The number of nitrogens with zero attached hydrogens (tertiary/aromatic N) is 3. The molecule has 0 aliphatic carbocycles.